The Bertz CT molecular complexity index is 2330. The van der Waals surface area contributed by atoms with E-state index in [0.29, 0.717) is 59.4 Å². The van der Waals surface area contributed by atoms with E-state index in [1.807, 2.05) is 32.6 Å². The van der Waals surface area contributed by atoms with Gasteiger partial charge < -0.3 is 23.8 Å². The van der Waals surface area contributed by atoms with E-state index >= 15 is 8.78 Å². The number of hydrogen-bond donors (Lipinski definition) is 0. The van der Waals surface area contributed by atoms with Crippen LogP contribution in [0.3, 0.4) is 0 Å². The number of rotatable bonds is 7. The van der Waals surface area contributed by atoms with E-state index in [4.69, 9.17) is 40.3 Å². The third kappa shape index (κ3) is 6.29. The number of hydrogen-bond acceptors (Lipinski definition) is 10. The first-order valence-electron chi connectivity index (χ1n) is 19.8. The molecule has 4 fully saturated rings. The molecule has 0 radical (unpaired) electrons. The summed E-state index contributed by atoms with van der Waals surface area (Å²) in [5, 5.41) is 1.28. The summed E-state index contributed by atoms with van der Waals surface area (Å²) < 4.78 is 71.2. The quantitative estimate of drug-likeness (QED) is 0.138. The van der Waals surface area contributed by atoms with E-state index in [1.54, 1.807) is 18.2 Å². The maximum Gasteiger partial charge on any atom is 0.410 e. The van der Waals surface area contributed by atoms with Gasteiger partial charge in [-0.2, -0.15) is 9.97 Å². The molecule has 2 aromatic heterocycles. The number of methoxy groups -OCH3 is 1. The Hall–Kier alpha value is -4.87. The number of nitrogens with zero attached hydrogens (tertiary/aromatic N) is 6. The highest BCUT2D eigenvalue weighted by Gasteiger charge is 2.53. The summed E-state index contributed by atoms with van der Waals surface area (Å²) in [6.07, 6.45) is 8.74. The molecule has 2 aromatic carbocycles. The van der Waals surface area contributed by atoms with E-state index < -0.39 is 28.9 Å². The molecule has 7 heterocycles. The molecule has 14 heteroatoms. The van der Waals surface area contributed by atoms with Crippen LogP contribution in [0.1, 0.15) is 83.4 Å². The van der Waals surface area contributed by atoms with Gasteiger partial charge in [0.2, 0.25) is 0 Å². The molecule has 0 spiro atoms. The number of halogens is 3. The average molecular weight is 785 g/mol. The Labute approximate surface area is 329 Å². The number of carbonyl (C=O) groups is 1. The van der Waals surface area contributed by atoms with Crippen LogP contribution in [0.5, 0.6) is 11.8 Å². The Balaban J connectivity index is 1.23. The molecule has 6 atom stereocenters. The van der Waals surface area contributed by atoms with Crippen LogP contribution in [0.4, 0.5) is 23.8 Å². The van der Waals surface area contributed by atoms with Gasteiger partial charge in [0, 0.05) is 43.5 Å². The van der Waals surface area contributed by atoms with Crippen molar-refractivity contribution in [2.24, 2.45) is 0 Å². The Morgan fingerprint density at radius 2 is 1.89 bits per heavy atom. The van der Waals surface area contributed by atoms with Crippen LogP contribution in [0.25, 0.3) is 32.9 Å². The van der Waals surface area contributed by atoms with Crippen molar-refractivity contribution in [1.29, 1.82) is 0 Å². The summed E-state index contributed by atoms with van der Waals surface area (Å²) >= 11 is 0. The molecule has 0 N–H and O–H groups in total. The second kappa shape index (κ2) is 13.9. The first kappa shape index (κ1) is 37.7. The Morgan fingerprint density at radius 3 is 2.67 bits per heavy atom. The van der Waals surface area contributed by atoms with Gasteiger partial charge in [0.15, 0.2) is 12.6 Å². The number of ether oxygens (including phenoxy) is 4. The summed E-state index contributed by atoms with van der Waals surface area (Å²) in [6.45, 7) is 9.26. The fourth-order valence-electron chi connectivity index (χ4n) is 10.2. The molecule has 300 valence electrons. The molecule has 4 saturated heterocycles. The van der Waals surface area contributed by atoms with Crippen molar-refractivity contribution in [3.05, 3.63) is 47.2 Å². The minimum absolute atomic E-state index is 0.00462. The zero-order valence-electron chi connectivity index (χ0n) is 32.9. The highest BCUT2D eigenvalue weighted by Crippen LogP contribution is 2.49. The number of amides is 1. The van der Waals surface area contributed by atoms with Crippen molar-refractivity contribution in [3.63, 3.8) is 0 Å². The van der Waals surface area contributed by atoms with Gasteiger partial charge >= 0.3 is 12.1 Å². The fraction of sp³-hybridized carbons (Fsp3) is 0.535. The number of carbonyl (C=O) groups excluding carboxylic acids is 1. The molecule has 2 bridgehead atoms. The van der Waals surface area contributed by atoms with Gasteiger partial charge in [-0.15, -0.1) is 6.42 Å². The van der Waals surface area contributed by atoms with Crippen LogP contribution in [0.2, 0.25) is 0 Å². The molecule has 11 nitrogen and oxygen atoms in total. The number of alkyl halides is 1. The van der Waals surface area contributed by atoms with Crippen LogP contribution in [0.15, 0.2) is 24.3 Å². The fourth-order valence-corrected chi connectivity index (χ4v) is 10.2. The Morgan fingerprint density at radius 1 is 1.07 bits per heavy atom. The average Bonchev–Trinajstić information content (AvgIpc) is 3.79. The molecule has 0 unspecified atom stereocenters. The molecule has 0 saturated carbocycles. The molecule has 5 aliphatic heterocycles. The van der Waals surface area contributed by atoms with Crippen LogP contribution >= 0.6 is 0 Å². The second-order valence-electron chi connectivity index (χ2n) is 17.3. The number of terminal acetylenes is 1. The van der Waals surface area contributed by atoms with Crippen molar-refractivity contribution < 1.29 is 36.9 Å². The van der Waals surface area contributed by atoms with Gasteiger partial charge in [-0.1, -0.05) is 18.9 Å². The van der Waals surface area contributed by atoms with Crippen molar-refractivity contribution in [2.45, 2.75) is 108 Å². The molecule has 5 aliphatic rings. The van der Waals surface area contributed by atoms with Crippen LogP contribution in [0, 0.1) is 24.0 Å². The predicted molar refractivity (Wildman–Crippen MR) is 208 cm³/mol. The molecule has 9 rings (SSSR count). The monoisotopic (exact) mass is 784 g/mol. The SMILES string of the molecule is C#Cc1c(F)ccc2cc(OCOC)cc(-c3nc4c5c(nc(OC[C@@]67CCCN6C[C@H](F)C7)nc5c3F)N3C[C@H]5CC[C@@H]([C@@H]3C[C@@H]4C)N5C(=O)OC(C)(C)C)c12. The molecular weight excluding hydrogens is 738 g/mol. The van der Waals surface area contributed by atoms with Crippen molar-refractivity contribution >= 4 is 33.6 Å². The normalized spacial score (nSPS) is 26.7. The first-order valence-corrected chi connectivity index (χ1v) is 19.8. The third-order valence-corrected chi connectivity index (χ3v) is 12.5. The van der Waals surface area contributed by atoms with Crippen LogP contribution < -0.4 is 14.4 Å². The summed E-state index contributed by atoms with van der Waals surface area (Å²) in [4.78, 5) is 34.8. The predicted octanol–water partition coefficient (Wildman–Crippen LogP) is 7.51. The van der Waals surface area contributed by atoms with Gasteiger partial charge in [0.25, 0.3) is 0 Å². The zero-order chi connectivity index (χ0) is 40.0. The second-order valence-corrected chi connectivity index (χ2v) is 17.3. The zero-order valence-corrected chi connectivity index (χ0v) is 32.9. The van der Waals surface area contributed by atoms with E-state index in [-0.39, 0.29) is 71.9 Å². The van der Waals surface area contributed by atoms with Crippen molar-refractivity contribution in [1.82, 2.24) is 24.8 Å². The number of anilines is 1. The highest BCUT2D eigenvalue weighted by atomic mass is 19.1. The minimum atomic E-state index is -0.958. The summed E-state index contributed by atoms with van der Waals surface area (Å²) in [5.41, 5.74) is -0.494. The lowest BCUT2D eigenvalue weighted by Gasteiger charge is -2.47. The number of fused-ring (bicyclic) bond motifs is 7. The molecule has 0 aliphatic carbocycles. The topological polar surface area (TPSA) is 102 Å². The lowest BCUT2D eigenvalue weighted by atomic mass is 9.91. The maximum absolute atomic E-state index is 17.7. The number of benzene rings is 2. The first-order chi connectivity index (χ1) is 27.3. The number of aromatic nitrogens is 3. The summed E-state index contributed by atoms with van der Waals surface area (Å²) in [7, 11) is 1.49. The lowest BCUT2D eigenvalue weighted by Crippen LogP contribution is -2.62. The van der Waals surface area contributed by atoms with E-state index in [2.05, 4.69) is 15.7 Å². The summed E-state index contributed by atoms with van der Waals surface area (Å²) in [6, 6.07) is 5.53. The molecule has 4 aromatic rings. The van der Waals surface area contributed by atoms with Gasteiger partial charge in [0.1, 0.15) is 47.0 Å². The molecule has 57 heavy (non-hydrogen) atoms. The van der Waals surface area contributed by atoms with Gasteiger partial charge in [-0.3, -0.25) is 9.80 Å². The van der Waals surface area contributed by atoms with Gasteiger partial charge in [0.05, 0.1) is 40.3 Å². The largest absolute Gasteiger partial charge is 0.468 e. The number of pyridine rings is 1. The number of piperazine rings is 1. The standard InChI is InChI=1S/C43H47F3N6O5/c1-7-28-30(45)11-9-24-16-27(56-22-54-6)17-29(33(24)28)37-35(46)38-34-36(47-37)23(2)15-32-31-12-10-26(52(31)41(53)57-42(3,4)5)20-51(32)39(34)49-40(48-38)55-21-43-13-8-14-50(43)19-25(44)18-43/h1,9,11,16-17,23,25-26,31-32H,8,10,12-15,18-22H2,2-6H3/t23-,25+,26+,31-,32-,43-/m0/s1. The van der Waals surface area contributed by atoms with Crippen molar-refractivity contribution in [3.8, 4) is 35.4 Å². The van der Waals surface area contributed by atoms with Crippen LogP contribution in [-0.4, -0.2) is 106 Å². The van der Waals surface area contributed by atoms with E-state index in [1.165, 1.54) is 13.2 Å². The molecule has 1 amide bonds. The maximum atomic E-state index is 17.7. The molecular formula is C43H47F3N6O5. The summed E-state index contributed by atoms with van der Waals surface area (Å²) in [5.74, 6) is 1.64. The van der Waals surface area contributed by atoms with Crippen molar-refractivity contribution in [2.75, 3.05) is 45.0 Å². The van der Waals surface area contributed by atoms with Gasteiger partial charge in [-0.25, -0.2) is 22.9 Å². The minimum Gasteiger partial charge on any atom is -0.468 e. The Kier molecular flexibility index (Phi) is 9.19. The van der Waals surface area contributed by atoms with Crippen LogP contribution in [-0.2, 0) is 9.47 Å². The van der Waals surface area contributed by atoms with E-state index in [0.717, 1.165) is 32.2 Å². The van der Waals surface area contributed by atoms with Gasteiger partial charge in [-0.05, 0) is 83.0 Å². The lowest BCUT2D eigenvalue weighted by molar-refractivity contribution is 0.00691. The smallest absolute Gasteiger partial charge is 0.410 e. The highest BCUT2D eigenvalue weighted by molar-refractivity contribution is 6.04. The third-order valence-electron chi connectivity index (χ3n) is 12.5. The van der Waals surface area contributed by atoms with E-state index in [9.17, 15) is 9.18 Å².